The molecule has 2 rings (SSSR count). The number of nitrogen functional groups attached to an aromatic ring is 1. The normalized spacial score (nSPS) is 10.2. The molecule has 5 heteroatoms. The summed E-state index contributed by atoms with van der Waals surface area (Å²) in [6.45, 7) is 2.62. The number of amides is 1. The molecule has 0 heterocycles. The van der Waals surface area contributed by atoms with Crippen LogP contribution in [-0.4, -0.2) is 19.1 Å². The Morgan fingerprint density at radius 2 is 1.95 bits per heavy atom. The van der Waals surface area contributed by atoms with Gasteiger partial charge in [-0.1, -0.05) is 17.7 Å². The number of nitrogens with two attached hydrogens (primary N) is 1. The molecule has 0 bridgehead atoms. The number of nitrogens with one attached hydrogen (secondary N) is 1. The van der Waals surface area contributed by atoms with Crippen molar-refractivity contribution < 1.29 is 9.53 Å². The molecule has 0 unspecified atom stereocenters. The number of rotatable bonds is 5. The standard InChI is InChI=1S/C16H17ClN2O2/c1-11-14(3-2-4-15(11)17)16(20)19-9-10-21-13-7-5-12(18)6-8-13/h2-8H,9-10,18H2,1H3,(H,19,20). The van der Waals surface area contributed by atoms with E-state index in [9.17, 15) is 4.79 Å². The number of ether oxygens (including phenoxy) is 1. The highest BCUT2D eigenvalue weighted by atomic mass is 35.5. The van der Waals surface area contributed by atoms with E-state index in [0.717, 1.165) is 11.3 Å². The van der Waals surface area contributed by atoms with Gasteiger partial charge in [-0.15, -0.1) is 0 Å². The maximum Gasteiger partial charge on any atom is 0.251 e. The molecule has 0 saturated heterocycles. The van der Waals surface area contributed by atoms with Gasteiger partial charge in [-0.2, -0.15) is 0 Å². The molecule has 0 saturated carbocycles. The lowest BCUT2D eigenvalue weighted by Gasteiger charge is -2.10. The molecule has 0 aromatic heterocycles. The van der Waals surface area contributed by atoms with Crippen LogP contribution in [0.5, 0.6) is 5.75 Å². The lowest BCUT2D eigenvalue weighted by atomic mass is 10.1. The zero-order chi connectivity index (χ0) is 15.2. The average Bonchev–Trinajstić information content (AvgIpc) is 2.48. The van der Waals surface area contributed by atoms with Gasteiger partial charge in [-0.3, -0.25) is 4.79 Å². The van der Waals surface area contributed by atoms with E-state index < -0.39 is 0 Å². The molecule has 21 heavy (non-hydrogen) atoms. The van der Waals surface area contributed by atoms with Crippen LogP contribution >= 0.6 is 11.6 Å². The van der Waals surface area contributed by atoms with Crippen molar-refractivity contribution in [1.82, 2.24) is 5.32 Å². The second-order valence-corrected chi connectivity index (χ2v) is 4.99. The van der Waals surface area contributed by atoms with Gasteiger partial charge in [-0.05, 0) is 48.9 Å². The van der Waals surface area contributed by atoms with Crippen LogP contribution in [0.2, 0.25) is 5.02 Å². The fraction of sp³-hybridized carbons (Fsp3) is 0.188. The molecule has 0 aliphatic heterocycles. The molecule has 2 aromatic rings. The van der Waals surface area contributed by atoms with E-state index >= 15 is 0 Å². The van der Waals surface area contributed by atoms with Crippen molar-refractivity contribution in [3.05, 3.63) is 58.6 Å². The fourth-order valence-electron chi connectivity index (χ4n) is 1.85. The Hall–Kier alpha value is -2.20. The third-order valence-corrected chi connectivity index (χ3v) is 3.46. The minimum atomic E-state index is -0.157. The number of hydrogen-bond donors (Lipinski definition) is 2. The lowest BCUT2D eigenvalue weighted by molar-refractivity contribution is 0.0946. The predicted octanol–water partition coefficient (Wildman–Crippen LogP) is 3.04. The SMILES string of the molecule is Cc1c(Cl)cccc1C(=O)NCCOc1ccc(N)cc1. The van der Waals surface area contributed by atoms with E-state index in [2.05, 4.69) is 5.32 Å². The number of anilines is 1. The van der Waals surface area contributed by atoms with Crippen LogP contribution < -0.4 is 15.8 Å². The first-order chi connectivity index (χ1) is 10.1. The maximum absolute atomic E-state index is 12.0. The van der Waals surface area contributed by atoms with E-state index in [4.69, 9.17) is 22.1 Å². The molecular formula is C16H17ClN2O2. The first-order valence-corrected chi connectivity index (χ1v) is 6.97. The molecular weight excluding hydrogens is 288 g/mol. The van der Waals surface area contributed by atoms with Gasteiger partial charge in [0.25, 0.3) is 5.91 Å². The van der Waals surface area contributed by atoms with Gasteiger partial charge in [0.1, 0.15) is 12.4 Å². The quantitative estimate of drug-likeness (QED) is 0.659. The number of halogens is 1. The zero-order valence-electron chi connectivity index (χ0n) is 11.7. The third-order valence-electron chi connectivity index (χ3n) is 3.05. The molecule has 0 spiro atoms. The molecule has 0 aliphatic carbocycles. The summed E-state index contributed by atoms with van der Waals surface area (Å²) < 4.78 is 5.50. The highest BCUT2D eigenvalue weighted by molar-refractivity contribution is 6.31. The molecule has 1 amide bonds. The molecule has 2 aromatic carbocycles. The first kappa shape index (κ1) is 15.2. The highest BCUT2D eigenvalue weighted by Gasteiger charge is 2.10. The summed E-state index contributed by atoms with van der Waals surface area (Å²) >= 11 is 6.00. The Morgan fingerprint density at radius 3 is 2.67 bits per heavy atom. The van der Waals surface area contributed by atoms with Gasteiger partial charge in [0.15, 0.2) is 0 Å². The minimum absolute atomic E-state index is 0.157. The molecule has 0 radical (unpaired) electrons. The van der Waals surface area contributed by atoms with Crippen molar-refractivity contribution in [3.8, 4) is 5.75 Å². The topological polar surface area (TPSA) is 64.3 Å². The largest absolute Gasteiger partial charge is 0.492 e. The van der Waals surface area contributed by atoms with Crippen molar-refractivity contribution in [2.75, 3.05) is 18.9 Å². The van der Waals surface area contributed by atoms with Crippen molar-refractivity contribution in [2.24, 2.45) is 0 Å². The number of carbonyl (C=O) groups excluding carboxylic acids is 1. The van der Waals surface area contributed by atoms with Gasteiger partial charge in [-0.25, -0.2) is 0 Å². The third kappa shape index (κ3) is 4.13. The van der Waals surface area contributed by atoms with Crippen molar-refractivity contribution in [1.29, 1.82) is 0 Å². The van der Waals surface area contributed by atoms with E-state index in [1.165, 1.54) is 0 Å². The van der Waals surface area contributed by atoms with Gasteiger partial charge in [0.2, 0.25) is 0 Å². The predicted molar refractivity (Wildman–Crippen MR) is 84.9 cm³/mol. The molecule has 0 fully saturated rings. The number of carbonyl (C=O) groups is 1. The average molecular weight is 305 g/mol. The first-order valence-electron chi connectivity index (χ1n) is 6.59. The summed E-state index contributed by atoms with van der Waals surface area (Å²) in [4.78, 5) is 12.0. The Bertz CT molecular complexity index is 627. The zero-order valence-corrected chi connectivity index (χ0v) is 12.5. The van der Waals surface area contributed by atoms with E-state index in [0.29, 0.717) is 29.4 Å². The van der Waals surface area contributed by atoms with E-state index in [-0.39, 0.29) is 5.91 Å². The molecule has 0 atom stereocenters. The smallest absolute Gasteiger partial charge is 0.251 e. The second kappa shape index (κ2) is 6.99. The Labute approximate surface area is 128 Å². The van der Waals surface area contributed by atoms with Gasteiger partial charge in [0.05, 0.1) is 6.54 Å². The molecule has 4 nitrogen and oxygen atoms in total. The summed E-state index contributed by atoms with van der Waals surface area (Å²) in [5, 5.41) is 3.39. The van der Waals surface area contributed by atoms with Crippen LogP contribution in [0.1, 0.15) is 15.9 Å². The van der Waals surface area contributed by atoms with E-state index in [1.807, 2.05) is 6.92 Å². The summed E-state index contributed by atoms with van der Waals surface area (Å²) in [5.41, 5.74) is 7.63. The summed E-state index contributed by atoms with van der Waals surface area (Å²) in [7, 11) is 0. The summed E-state index contributed by atoms with van der Waals surface area (Å²) in [5.74, 6) is 0.563. The van der Waals surface area contributed by atoms with Gasteiger partial charge in [0, 0.05) is 16.3 Å². The number of benzene rings is 2. The second-order valence-electron chi connectivity index (χ2n) is 4.59. The number of hydrogen-bond acceptors (Lipinski definition) is 3. The molecule has 3 N–H and O–H groups in total. The van der Waals surface area contributed by atoms with Crippen LogP contribution in [-0.2, 0) is 0 Å². The van der Waals surface area contributed by atoms with Crippen LogP contribution in [0.15, 0.2) is 42.5 Å². The van der Waals surface area contributed by atoms with Crippen LogP contribution in [0.3, 0.4) is 0 Å². The molecule has 110 valence electrons. The monoisotopic (exact) mass is 304 g/mol. The summed E-state index contributed by atoms with van der Waals surface area (Å²) in [6.07, 6.45) is 0. The van der Waals surface area contributed by atoms with Crippen molar-refractivity contribution in [2.45, 2.75) is 6.92 Å². The maximum atomic E-state index is 12.0. The Morgan fingerprint density at radius 1 is 1.24 bits per heavy atom. The minimum Gasteiger partial charge on any atom is -0.492 e. The Kier molecular flexibility index (Phi) is 5.06. The van der Waals surface area contributed by atoms with Gasteiger partial charge < -0.3 is 15.8 Å². The fourth-order valence-corrected chi connectivity index (χ4v) is 2.02. The molecule has 0 aliphatic rings. The van der Waals surface area contributed by atoms with Gasteiger partial charge >= 0.3 is 0 Å². The van der Waals surface area contributed by atoms with Crippen molar-refractivity contribution >= 4 is 23.2 Å². The van der Waals surface area contributed by atoms with E-state index in [1.54, 1.807) is 42.5 Å². The van der Waals surface area contributed by atoms with Crippen LogP contribution in [0.25, 0.3) is 0 Å². The Balaban J connectivity index is 1.82. The van der Waals surface area contributed by atoms with Crippen LogP contribution in [0, 0.1) is 6.92 Å². The van der Waals surface area contributed by atoms with Crippen LogP contribution in [0.4, 0.5) is 5.69 Å². The van der Waals surface area contributed by atoms with Crippen molar-refractivity contribution in [3.63, 3.8) is 0 Å². The summed E-state index contributed by atoms with van der Waals surface area (Å²) in [6, 6.07) is 12.4. The highest BCUT2D eigenvalue weighted by Crippen LogP contribution is 2.18. The lowest BCUT2D eigenvalue weighted by Crippen LogP contribution is -2.28.